The molecule has 2 heterocycles. The third kappa shape index (κ3) is 19.1. The number of ether oxygens (including phenoxy) is 4. The number of ketones is 3. The minimum Gasteiger partial charge on any atom is -0.507 e. The lowest BCUT2D eigenvalue weighted by Crippen LogP contribution is -2.62. The zero-order valence-electron chi connectivity index (χ0n) is 63.3. The van der Waals surface area contributed by atoms with Crippen molar-refractivity contribution in [2.24, 2.45) is 17.6 Å². The smallest absolute Gasteiger partial charge is 0.305 e. The average molecular weight is 1570 g/mol. The molecule has 6 aliphatic rings. The number of phenolic OH excluding ortho intramolecular Hbond substituents is 2. The first-order chi connectivity index (χ1) is 53.8. The first kappa shape index (κ1) is 85.1. The van der Waals surface area contributed by atoms with Crippen LogP contribution in [0.1, 0.15) is 184 Å². The Kier molecular flexibility index (Phi) is 27.9. The summed E-state index contributed by atoms with van der Waals surface area (Å²) in [5.41, 5.74) is 4.79. The molecule has 17 N–H and O–H groups in total. The summed E-state index contributed by atoms with van der Waals surface area (Å²) in [4.78, 5) is 181. The van der Waals surface area contributed by atoms with Crippen LogP contribution in [0.25, 0.3) is 11.1 Å². The minimum atomic E-state index is -2.52. The van der Waals surface area contributed by atoms with Crippen molar-refractivity contribution in [2.45, 2.75) is 215 Å². The summed E-state index contributed by atoms with van der Waals surface area (Å²) in [5, 5.41) is 107. The van der Waals surface area contributed by atoms with Crippen LogP contribution in [0.15, 0.2) is 66.7 Å². The number of Topliss-reactive ketones (excluding diaryl/α,β-unsaturated/α-hetero) is 1. The Morgan fingerprint density at radius 1 is 0.673 bits per heavy atom. The van der Waals surface area contributed by atoms with Gasteiger partial charge in [-0.3, -0.25) is 62.3 Å². The molecular formula is C79H99N9O25. The van der Waals surface area contributed by atoms with Gasteiger partial charge in [0.1, 0.15) is 84.5 Å². The highest BCUT2D eigenvalue weighted by atomic mass is 16.7. The van der Waals surface area contributed by atoms with Crippen LogP contribution in [0.2, 0.25) is 0 Å². The van der Waals surface area contributed by atoms with Crippen molar-refractivity contribution < 1.29 is 122 Å². The predicted molar refractivity (Wildman–Crippen MR) is 396 cm³/mol. The first-order valence-corrected chi connectivity index (χ1v) is 38.0. The molecule has 2 saturated heterocycles. The molecule has 4 aromatic rings. The second kappa shape index (κ2) is 37.1. The molecule has 14 unspecified atom stereocenters. The number of likely N-dealkylation sites (tertiary alicyclic amines) is 1. The molecule has 1 saturated carbocycles. The van der Waals surface area contributed by atoms with Crippen molar-refractivity contribution >= 4 is 76.5 Å². The van der Waals surface area contributed by atoms with Gasteiger partial charge in [-0.05, 0) is 86.1 Å². The van der Waals surface area contributed by atoms with E-state index in [1.54, 1.807) is 13.8 Å². The van der Waals surface area contributed by atoms with Gasteiger partial charge < -0.3 is 108 Å². The van der Waals surface area contributed by atoms with Crippen LogP contribution >= 0.6 is 0 Å². The highest BCUT2D eigenvalue weighted by Crippen LogP contribution is 2.53. The number of aromatic hydroxyl groups is 2. The van der Waals surface area contributed by atoms with E-state index in [1.165, 1.54) is 39.2 Å². The monoisotopic (exact) mass is 1570 g/mol. The number of methoxy groups -OCH3 is 1. The number of β-amino-alcohol motifs (C(OH)–C–C–N with tert-alkyl or cyclic N) is 1. The number of hydrogen-bond acceptors (Lipinski definition) is 25. The van der Waals surface area contributed by atoms with Crippen LogP contribution in [-0.2, 0) is 73.4 Å². The molecule has 0 bridgehead atoms. The summed E-state index contributed by atoms with van der Waals surface area (Å²) in [7, 11) is 1.25. The number of rotatable bonds is 33. The van der Waals surface area contributed by atoms with Crippen LogP contribution in [0.4, 0.5) is 0 Å². The maximum Gasteiger partial charge on any atom is 0.305 e. The van der Waals surface area contributed by atoms with Crippen molar-refractivity contribution in [3.8, 4) is 28.4 Å². The van der Waals surface area contributed by atoms with E-state index in [0.29, 0.717) is 25.7 Å². The van der Waals surface area contributed by atoms with Crippen LogP contribution in [0.3, 0.4) is 0 Å². The molecule has 14 atom stereocenters. The van der Waals surface area contributed by atoms with Crippen molar-refractivity contribution in [3.63, 3.8) is 0 Å². The third-order valence-electron chi connectivity index (χ3n) is 21.9. The topological polar surface area (TPSA) is 534 Å². The van der Waals surface area contributed by atoms with Crippen molar-refractivity contribution in [1.29, 1.82) is 0 Å². The van der Waals surface area contributed by atoms with Gasteiger partial charge in [-0.2, -0.15) is 0 Å². The maximum atomic E-state index is 14.6. The lowest BCUT2D eigenvalue weighted by atomic mass is 9.72. The lowest BCUT2D eigenvalue weighted by molar-refractivity contribution is -0.249. The number of carbonyl (C=O) groups excluding carboxylic acids is 13. The number of nitrogens with two attached hydrogens (primary N) is 1. The molecule has 0 spiro atoms. The zero-order valence-corrected chi connectivity index (χ0v) is 63.3. The van der Waals surface area contributed by atoms with Crippen molar-refractivity contribution in [2.75, 3.05) is 40.1 Å². The van der Waals surface area contributed by atoms with Crippen LogP contribution < -0.4 is 47.7 Å². The number of aliphatic hydroxyl groups is 6. The molecular weight excluding hydrogens is 1470 g/mol. The summed E-state index contributed by atoms with van der Waals surface area (Å²) in [6.45, 7) is 2.61. The Morgan fingerprint density at radius 3 is 1.90 bits per heavy atom. The molecule has 2 aliphatic heterocycles. The molecule has 0 radical (unpaired) electrons. The fourth-order valence-electron chi connectivity index (χ4n) is 15.9. The van der Waals surface area contributed by atoms with Crippen molar-refractivity contribution in [3.05, 3.63) is 111 Å². The molecule has 4 aromatic carbocycles. The summed E-state index contributed by atoms with van der Waals surface area (Å²) >= 11 is 0. The first-order valence-electron chi connectivity index (χ1n) is 38.0. The van der Waals surface area contributed by atoms with E-state index < -0.39 is 242 Å². The molecule has 9 amide bonds. The van der Waals surface area contributed by atoms with E-state index in [9.17, 15) is 103 Å². The number of aliphatic hydroxyl groups excluding tert-OH is 5. The second-order valence-corrected chi connectivity index (χ2v) is 30.2. The van der Waals surface area contributed by atoms with Crippen LogP contribution in [0.5, 0.6) is 17.2 Å². The Morgan fingerprint density at radius 2 is 1.27 bits per heavy atom. The number of nitrogens with zero attached hydrogens (tertiary/aromatic N) is 1. The molecule has 34 heteroatoms. The molecule has 0 aromatic heterocycles. The van der Waals surface area contributed by atoms with E-state index in [2.05, 4.69) is 37.2 Å². The number of fused-ring (bicyclic) bond motifs is 6. The van der Waals surface area contributed by atoms with Gasteiger partial charge in [-0.1, -0.05) is 93.8 Å². The normalized spacial score (nSPS) is 22.7. The lowest BCUT2D eigenvalue weighted by Gasteiger charge is -2.43. The number of nitrogens with one attached hydrogen (secondary N) is 7. The Hall–Kier alpha value is -10.3. The van der Waals surface area contributed by atoms with Crippen LogP contribution in [-0.4, -0.2) is 241 Å². The Balaban J connectivity index is 0.748. The van der Waals surface area contributed by atoms with Gasteiger partial charge >= 0.3 is 5.97 Å². The molecule has 34 nitrogen and oxygen atoms in total. The van der Waals surface area contributed by atoms with Gasteiger partial charge in [0.05, 0.1) is 61.4 Å². The molecule has 10 rings (SSSR count). The number of amides is 9. The van der Waals surface area contributed by atoms with Gasteiger partial charge in [-0.25, -0.2) is 0 Å². The SMILES string of the molecule is COc1cccc2c1C(=O)c1c(O)c3c(c(O)c1C2=O)CC(O)(C(=O)CO)CC3OC1CC(NC(=O)C(CC(C)C)NC(=O)C(CO)NC(=O)C(CCC(N)=O)NC(=O)C(NC(=O)C(CO)NC(=O)C(C)NC(=O)C2CC(O)CN2C(=O)CCCC(=O)OCC2c3ccccc3-c3ccccc32)C2CCCCC2)C(O)C(C)O1. The zero-order chi connectivity index (χ0) is 82.0. The Bertz CT molecular complexity index is 4270. The van der Waals surface area contributed by atoms with Gasteiger partial charge in [-0.15, -0.1) is 0 Å². The van der Waals surface area contributed by atoms with Gasteiger partial charge in [0.15, 0.2) is 17.9 Å². The Labute approximate surface area is 649 Å². The van der Waals surface area contributed by atoms with Gasteiger partial charge in [0, 0.05) is 74.1 Å². The number of hydrogen-bond donors (Lipinski definition) is 16. The quantitative estimate of drug-likeness (QED) is 0.0185. The highest BCUT2D eigenvalue weighted by Gasteiger charge is 2.52. The fourth-order valence-corrected chi connectivity index (χ4v) is 15.9. The minimum absolute atomic E-state index is 0.0273. The highest BCUT2D eigenvalue weighted by molar-refractivity contribution is 6.31. The fraction of sp³-hybridized carbons (Fsp3) is 0.532. The molecule has 3 fully saturated rings. The van der Waals surface area contributed by atoms with E-state index in [0.717, 1.165) is 33.6 Å². The largest absolute Gasteiger partial charge is 0.507 e. The number of primary amides is 1. The third-order valence-corrected chi connectivity index (χ3v) is 21.9. The average Bonchev–Trinajstić information content (AvgIpc) is 1.11. The van der Waals surface area contributed by atoms with Crippen LogP contribution in [0, 0.1) is 11.8 Å². The summed E-state index contributed by atoms with van der Waals surface area (Å²) in [6, 6.07) is 7.63. The summed E-state index contributed by atoms with van der Waals surface area (Å²) in [5.74, 6) is -14.9. The number of phenols is 2. The number of carbonyl (C=O) groups is 13. The number of benzene rings is 4. The summed E-state index contributed by atoms with van der Waals surface area (Å²) < 4.78 is 23.4. The second-order valence-electron chi connectivity index (χ2n) is 30.2. The number of esters is 1. The van der Waals surface area contributed by atoms with Gasteiger partial charge in [0.25, 0.3) is 0 Å². The summed E-state index contributed by atoms with van der Waals surface area (Å²) in [6.07, 6.45) is -7.73. The van der Waals surface area contributed by atoms with E-state index >= 15 is 0 Å². The van der Waals surface area contributed by atoms with Crippen molar-refractivity contribution in [1.82, 2.24) is 42.1 Å². The predicted octanol–water partition coefficient (Wildman–Crippen LogP) is -0.548. The molecule has 4 aliphatic carbocycles. The van der Waals surface area contributed by atoms with E-state index in [4.69, 9.17) is 24.7 Å². The van der Waals surface area contributed by atoms with Gasteiger partial charge in [0.2, 0.25) is 58.9 Å². The molecule has 113 heavy (non-hydrogen) atoms. The standard InChI is InChI=1S/C79H99N9O25/c1-37(2)27-51(74(104)83-50-29-61(112-39(4)67(50)97)113-56-31-79(109,57(93)35-91)30-47-63(56)71(101)65-64(69(47)99)68(98)46-21-13-22-55(110-5)62(46)70(65)100)84-75(105)52(33-89)86-73(103)49(25-26-58(80)94)82-78(108)66(40-15-7-6-8-16-40)87-76(106)53(34-90)85-72(102)38(3)81-77(107)54-28-41(92)32-88(54)59(95)23-14-24-60(96)111-36-48-44-19-11-9-17-42(44)43-18-10-12-20-45(43)48/h9-13,17-22,37-41,48-54,56,61,66-67,89-92,97,99,101,109H,6-8,14-16,23-36H2,1-5H3,(H2,80,94)(H,81,107)(H,82,108)(H,83,104)(H,84,105)(H,85,102)(H,86,103)(H,87,106). The van der Waals surface area contributed by atoms with E-state index in [1.807, 2.05) is 48.5 Å². The van der Waals surface area contributed by atoms with E-state index in [-0.39, 0.29) is 85.1 Å². The maximum absolute atomic E-state index is 14.6. The molecule has 610 valence electrons.